The van der Waals surface area contributed by atoms with E-state index in [0.717, 1.165) is 12.8 Å². The summed E-state index contributed by atoms with van der Waals surface area (Å²) in [7, 11) is 1.53. The van der Waals surface area contributed by atoms with Crippen molar-refractivity contribution < 1.29 is 9.53 Å². The first-order valence-corrected chi connectivity index (χ1v) is 5.05. The Hall–Kier alpha value is -0.610. The molecule has 0 fully saturated rings. The van der Waals surface area contributed by atoms with Gasteiger partial charge in [0.25, 0.3) is 0 Å². The molecule has 0 saturated carbocycles. The fourth-order valence-corrected chi connectivity index (χ4v) is 1.07. The van der Waals surface area contributed by atoms with E-state index >= 15 is 0 Å². The first kappa shape index (κ1) is 13.4. The van der Waals surface area contributed by atoms with E-state index in [0.29, 0.717) is 0 Å². The Morgan fingerprint density at radius 1 is 1.50 bits per heavy atom. The zero-order valence-electron chi connectivity index (χ0n) is 9.59. The zero-order valence-corrected chi connectivity index (χ0v) is 9.59. The van der Waals surface area contributed by atoms with Crippen molar-refractivity contribution in [2.45, 2.75) is 45.2 Å². The maximum Gasteiger partial charge on any atom is 0.239 e. The van der Waals surface area contributed by atoms with Gasteiger partial charge in [-0.1, -0.05) is 13.8 Å². The molecule has 14 heavy (non-hydrogen) atoms. The molecule has 0 aromatic heterocycles. The van der Waals surface area contributed by atoms with Crippen molar-refractivity contribution in [2.24, 2.45) is 5.73 Å². The van der Waals surface area contributed by atoms with Crippen LogP contribution < -0.4 is 11.1 Å². The largest absolute Gasteiger partial charge is 0.383 e. The molecule has 0 aromatic rings. The van der Waals surface area contributed by atoms with Gasteiger partial charge in [-0.05, 0) is 19.8 Å². The van der Waals surface area contributed by atoms with Gasteiger partial charge in [0.15, 0.2) is 0 Å². The highest BCUT2D eigenvalue weighted by atomic mass is 16.5. The smallest absolute Gasteiger partial charge is 0.239 e. The summed E-state index contributed by atoms with van der Waals surface area (Å²) < 4.78 is 4.82. The number of amides is 1. The summed E-state index contributed by atoms with van der Waals surface area (Å²) in [4.78, 5) is 11.6. The number of nitrogens with two attached hydrogens (primary N) is 1. The van der Waals surface area contributed by atoms with Crippen LogP contribution in [0.25, 0.3) is 0 Å². The van der Waals surface area contributed by atoms with E-state index in [1.165, 1.54) is 7.11 Å². The lowest BCUT2D eigenvalue weighted by Crippen LogP contribution is -2.52. The van der Waals surface area contributed by atoms with Gasteiger partial charge >= 0.3 is 0 Å². The van der Waals surface area contributed by atoms with Gasteiger partial charge in [-0.15, -0.1) is 0 Å². The lowest BCUT2D eigenvalue weighted by Gasteiger charge is -2.29. The molecule has 0 aliphatic rings. The number of ether oxygens (including phenoxy) is 1. The second-order valence-corrected chi connectivity index (χ2v) is 3.82. The van der Waals surface area contributed by atoms with Crippen molar-refractivity contribution in [3.05, 3.63) is 0 Å². The zero-order chi connectivity index (χ0) is 11.2. The van der Waals surface area contributed by atoms with Crippen LogP contribution in [0.1, 0.15) is 33.6 Å². The summed E-state index contributed by atoms with van der Waals surface area (Å²) >= 11 is 0. The average molecular weight is 202 g/mol. The van der Waals surface area contributed by atoms with E-state index in [9.17, 15) is 4.79 Å². The molecule has 1 amide bonds. The fraction of sp³-hybridized carbons (Fsp3) is 0.900. The predicted molar refractivity (Wildman–Crippen MR) is 57.0 cm³/mol. The van der Waals surface area contributed by atoms with Crippen LogP contribution in [0.3, 0.4) is 0 Å². The van der Waals surface area contributed by atoms with Crippen molar-refractivity contribution in [1.82, 2.24) is 5.32 Å². The molecule has 3 N–H and O–H groups in total. The molecule has 0 bridgehead atoms. The maximum atomic E-state index is 11.6. The number of rotatable bonds is 6. The Kier molecular flexibility index (Phi) is 5.72. The molecule has 0 aliphatic carbocycles. The molecule has 0 rings (SSSR count). The highest BCUT2D eigenvalue weighted by Gasteiger charge is 2.24. The molecule has 0 heterocycles. The van der Waals surface area contributed by atoms with Crippen LogP contribution in [0.5, 0.6) is 0 Å². The molecule has 0 aromatic carbocycles. The van der Waals surface area contributed by atoms with Crippen molar-refractivity contribution in [2.75, 3.05) is 13.7 Å². The minimum atomic E-state index is -0.572. The Bertz CT molecular complexity index is 179. The summed E-state index contributed by atoms with van der Waals surface area (Å²) in [5, 5.41) is 2.93. The summed E-state index contributed by atoms with van der Waals surface area (Å²) in [6.45, 7) is 6.37. The minimum Gasteiger partial charge on any atom is -0.383 e. The van der Waals surface area contributed by atoms with Gasteiger partial charge in [-0.3, -0.25) is 4.79 Å². The summed E-state index contributed by atoms with van der Waals surface area (Å²) in [6.07, 6.45) is 1.80. The predicted octanol–water partition coefficient (Wildman–Crippen LogP) is 0.655. The molecule has 4 nitrogen and oxygen atoms in total. The molecular weight excluding hydrogens is 180 g/mol. The Balaban J connectivity index is 4.15. The Labute approximate surface area is 86.2 Å². The molecule has 4 heteroatoms. The Morgan fingerprint density at radius 3 is 2.36 bits per heavy atom. The number of carbonyl (C=O) groups is 1. The summed E-state index contributed by atoms with van der Waals surface area (Å²) in [5.41, 5.74) is 5.46. The molecule has 84 valence electrons. The minimum absolute atomic E-state index is 0.141. The number of hydrogen-bond donors (Lipinski definition) is 2. The maximum absolute atomic E-state index is 11.6. The van der Waals surface area contributed by atoms with E-state index in [4.69, 9.17) is 10.5 Å². The molecule has 1 unspecified atom stereocenters. The third kappa shape index (κ3) is 4.07. The highest BCUT2D eigenvalue weighted by Crippen LogP contribution is 2.13. The van der Waals surface area contributed by atoms with Crippen LogP contribution in [-0.4, -0.2) is 31.2 Å². The van der Waals surface area contributed by atoms with Crippen molar-refractivity contribution in [1.29, 1.82) is 0 Å². The lowest BCUT2D eigenvalue weighted by atomic mass is 9.95. The van der Waals surface area contributed by atoms with Crippen LogP contribution in [0.4, 0.5) is 0 Å². The van der Waals surface area contributed by atoms with Crippen molar-refractivity contribution in [3.8, 4) is 0 Å². The van der Waals surface area contributed by atoms with Crippen LogP contribution >= 0.6 is 0 Å². The van der Waals surface area contributed by atoms with Crippen LogP contribution in [0, 0.1) is 0 Å². The van der Waals surface area contributed by atoms with Crippen LogP contribution in [-0.2, 0) is 9.53 Å². The first-order chi connectivity index (χ1) is 6.49. The van der Waals surface area contributed by atoms with Gasteiger partial charge in [0.2, 0.25) is 5.91 Å². The molecule has 1 atom stereocenters. The van der Waals surface area contributed by atoms with Gasteiger partial charge in [0, 0.05) is 12.6 Å². The lowest BCUT2D eigenvalue weighted by molar-refractivity contribution is -0.125. The van der Waals surface area contributed by atoms with E-state index < -0.39 is 6.04 Å². The summed E-state index contributed by atoms with van der Waals surface area (Å²) in [5.74, 6) is -0.141. The van der Waals surface area contributed by atoms with E-state index in [1.807, 2.05) is 20.8 Å². The summed E-state index contributed by atoms with van der Waals surface area (Å²) in [6, 6.07) is -0.572. The van der Waals surface area contributed by atoms with Crippen molar-refractivity contribution in [3.63, 3.8) is 0 Å². The highest BCUT2D eigenvalue weighted by molar-refractivity contribution is 5.82. The SMILES string of the molecule is CCC(C)(CC)NC(=O)C(N)COC. The number of hydrogen-bond acceptors (Lipinski definition) is 3. The third-order valence-corrected chi connectivity index (χ3v) is 2.67. The average Bonchev–Trinajstić information content (AvgIpc) is 2.18. The van der Waals surface area contributed by atoms with Gasteiger partial charge in [0.1, 0.15) is 6.04 Å². The van der Waals surface area contributed by atoms with Crippen LogP contribution in [0.2, 0.25) is 0 Å². The van der Waals surface area contributed by atoms with Gasteiger partial charge in [-0.25, -0.2) is 0 Å². The van der Waals surface area contributed by atoms with E-state index in [-0.39, 0.29) is 18.1 Å². The fourth-order valence-electron chi connectivity index (χ4n) is 1.07. The molecule has 0 saturated heterocycles. The van der Waals surface area contributed by atoms with Gasteiger partial charge < -0.3 is 15.8 Å². The third-order valence-electron chi connectivity index (χ3n) is 2.67. The molecule has 0 radical (unpaired) electrons. The Morgan fingerprint density at radius 2 is 2.00 bits per heavy atom. The molecular formula is C10H22N2O2. The van der Waals surface area contributed by atoms with Crippen molar-refractivity contribution >= 4 is 5.91 Å². The second kappa shape index (κ2) is 5.98. The number of carbonyl (C=O) groups excluding carboxylic acids is 1. The standard InChI is InChI=1S/C10H22N2O2/c1-5-10(3,6-2)12-9(13)8(11)7-14-4/h8H,5-7,11H2,1-4H3,(H,12,13). The van der Waals surface area contributed by atoms with Crippen LogP contribution in [0.15, 0.2) is 0 Å². The number of methoxy groups -OCH3 is 1. The molecule has 0 aliphatic heterocycles. The normalized spacial score (nSPS) is 13.8. The first-order valence-electron chi connectivity index (χ1n) is 5.05. The topological polar surface area (TPSA) is 64.4 Å². The number of nitrogens with one attached hydrogen (secondary N) is 1. The van der Waals surface area contributed by atoms with E-state index in [2.05, 4.69) is 5.32 Å². The quantitative estimate of drug-likeness (QED) is 0.665. The molecule has 0 spiro atoms. The van der Waals surface area contributed by atoms with Gasteiger partial charge in [0.05, 0.1) is 6.61 Å². The monoisotopic (exact) mass is 202 g/mol. The van der Waals surface area contributed by atoms with E-state index in [1.54, 1.807) is 0 Å². The van der Waals surface area contributed by atoms with Gasteiger partial charge in [-0.2, -0.15) is 0 Å². The second-order valence-electron chi connectivity index (χ2n) is 3.82.